The molecule has 1 saturated carbocycles. The Kier molecular flexibility index (Phi) is 6.82. The number of ether oxygens (including phenoxy) is 1. The van der Waals surface area contributed by atoms with E-state index in [4.69, 9.17) is 32.9 Å². The number of nitrogens with zero attached hydrogens (tertiary/aromatic N) is 3. The van der Waals surface area contributed by atoms with Crippen LogP contribution >= 0.6 is 23.2 Å². The van der Waals surface area contributed by atoms with E-state index in [9.17, 15) is 13.5 Å². The van der Waals surface area contributed by atoms with Crippen LogP contribution in [0, 0.1) is 5.41 Å². The molecule has 13 heteroatoms. The fraction of sp³-hybridized carbons (Fsp3) is 0.348. The summed E-state index contributed by atoms with van der Waals surface area (Å²) in [7, 11) is -3.71. The molecule has 1 aliphatic carbocycles. The Bertz CT molecular complexity index is 1380. The van der Waals surface area contributed by atoms with Gasteiger partial charge in [-0.3, -0.25) is 5.10 Å². The number of aliphatic hydroxyl groups is 1. The van der Waals surface area contributed by atoms with E-state index in [0.717, 1.165) is 5.69 Å². The van der Waals surface area contributed by atoms with E-state index in [-0.39, 0.29) is 14.9 Å². The summed E-state index contributed by atoms with van der Waals surface area (Å²) in [5.41, 5.74) is 2.65. The van der Waals surface area contributed by atoms with E-state index < -0.39 is 26.9 Å². The predicted molar refractivity (Wildman–Crippen MR) is 136 cm³/mol. The zero-order chi connectivity index (χ0) is 25.3. The minimum Gasteiger partial charge on any atom is -0.430 e. The molecule has 1 unspecified atom stereocenters. The Morgan fingerprint density at radius 3 is 2.61 bits per heavy atom. The Balaban J connectivity index is 1.39. The number of aromatic nitrogens is 3. The fourth-order valence-electron chi connectivity index (χ4n) is 4.78. The summed E-state index contributed by atoms with van der Waals surface area (Å²) in [4.78, 5) is 4.75. The van der Waals surface area contributed by atoms with Crippen molar-refractivity contribution in [2.45, 2.75) is 48.7 Å². The lowest BCUT2D eigenvalue weighted by molar-refractivity contribution is -0.0418. The van der Waals surface area contributed by atoms with Gasteiger partial charge >= 0.3 is 0 Å². The molecule has 0 amide bonds. The third-order valence-electron chi connectivity index (χ3n) is 6.59. The largest absolute Gasteiger partial charge is 0.430 e. The van der Waals surface area contributed by atoms with Crippen LogP contribution in [0.15, 0.2) is 58.7 Å². The second-order valence-electron chi connectivity index (χ2n) is 8.88. The number of sulfone groups is 1. The SMILES string of the molecule is O=S(=O)(c1cccc(Cl)c1Cl)C1CCC(Cc2cccc(Nc3ccn[nH]3)n2)(C2=NNC(O)O2)CC1. The van der Waals surface area contributed by atoms with Gasteiger partial charge in [0.05, 0.1) is 31.8 Å². The zero-order valence-corrected chi connectivity index (χ0v) is 21.3. The van der Waals surface area contributed by atoms with Gasteiger partial charge in [0.2, 0.25) is 5.90 Å². The van der Waals surface area contributed by atoms with Gasteiger partial charge in [-0.1, -0.05) is 35.3 Å². The van der Waals surface area contributed by atoms with Gasteiger partial charge < -0.3 is 15.2 Å². The van der Waals surface area contributed by atoms with Crippen LogP contribution in [-0.4, -0.2) is 46.3 Å². The molecule has 1 aliphatic heterocycles. The third kappa shape index (κ3) is 4.88. The molecule has 10 nitrogen and oxygen atoms in total. The van der Waals surface area contributed by atoms with E-state index >= 15 is 0 Å². The topological polar surface area (TPSA) is 142 Å². The number of pyridine rings is 1. The van der Waals surface area contributed by atoms with Gasteiger partial charge in [-0.2, -0.15) is 5.10 Å². The van der Waals surface area contributed by atoms with Crippen molar-refractivity contribution in [2.75, 3.05) is 5.32 Å². The monoisotopic (exact) mass is 550 g/mol. The van der Waals surface area contributed by atoms with Crippen molar-refractivity contribution in [3.63, 3.8) is 0 Å². The lowest BCUT2D eigenvalue weighted by Gasteiger charge is -2.38. The number of nitrogens with one attached hydrogen (secondary N) is 3. The average molecular weight is 551 g/mol. The summed E-state index contributed by atoms with van der Waals surface area (Å²) in [5, 5.41) is 23.6. The van der Waals surface area contributed by atoms with Crippen LogP contribution in [0.3, 0.4) is 0 Å². The molecule has 2 aliphatic rings. The molecule has 190 valence electrons. The highest BCUT2D eigenvalue weighted by Crippen LogP contribution is 2.45. The normalized spacial score (nSPS) is 24.0. The number of rotatable bonds is 7. The minimum atomic E-state index is -3.71. The number of hydrogen-bond acceptors (Lipinski definition) is 9. The summed E-state index contributed by atoms with van der Waals surface area (Å²) in [6, 6.07) is 12.0. The first-order chi connectivity index (χ1) is 17.3. The van der Waals surface area contributed by atoms with E-state index in [1.165, 1.54) is 6.07 Å². The molecular weight excluding hydrogens is 527 g/mol. The number of anilines is 2. The van der Waals surface area contributed by atoms with E-state index in [2.05, 4.69) is 26.0 Å². The van der Waals surface area contributed by atoms with Gasteiger partial charge in [-0.05, 0) is 49.9 Å². The Labute approximate surface area is 218 Å². The van der Waals surface area contributed by atoms with Crippen LogP contribution in [0.25, 0.3) is 0 Å². The summed E-state index contributed by atoms with van der Waals surface area (Å²) in [6.07, 6.45) is 2.47. The number of hydrogen-bond donors (Lipinski definition) is 4. The van der Waals surface area contributed by atoms with Gasteiger partial charge in [0.15, 0.2) is 9.84 Å². The average Bonchev–Trinajstić information content (AvgIpc) is 3.53. The quantitative estimate of drug-likeness (QED) is 0.345. The zero-order valence-electron chi connectivity index (χ0n) is 19.0. The van der Waals surface area contributed by atoms with Crippen LogP contribution in [-0.2, 0) is 21.0 Å². The molecule has 3 aromatic rings. The molecule has 3 heterocycles. The maximum Gasteiger partial charge on any atom is 0.295 e. The van der Waals surface area contributed by atoms with E-state index in [1.54, 1.807) is 24.4 Å². The summed E-state index contributed by atoms with van der Waals surface area (Å²) >= 11 is 12.3. The van der Waals surface area contributed by atoms with Crippen molar-refractivity contribution in [2.24, 2.45) is 10.5 Å². The van der Waals surface area contributed by atoms with Gasteiger partial charge in [0.1, 0.15) is 11.6 Å². The third-order valence-corrected chi connectivity index (χ3v) is 9.83. The van der Waals surface area contributed by atoms with E-state index in [0.29, 0.717) is 49.6 Å². The molecular formula is C23H24Cl2N6O4S. The molecule has 0 bridgehead atoms. The maximum atomic E-state index is 13.4. The molecule has 0 saturated heterocycles. The summed E-state index contributed by atoms with van der Waals surface area (Å²) in [5.74, 6) is 1.68. The highest BCUT2D eigenvalue weighted by atomic mass is 35.5. The first-order valence-corrected chi connectivity index (χ1v) is 13.7. The van der Waals surface area contributed by atoms with Crippen LogP contribution in [0.2, 0.25) is 10.0 Å². The molecule has 2 aromatic heterocycles. The molecule has 0 spiro atoms. The Hall–Kier alpha value is -2.86. The van der Waals surface area contributed by atoms with Crippen LogP contribution in [0.4, 0.5) is 11.6 Å². The van der Waals surface area contributed by atoms with Crippen LogP contribution < -0.4 is 10.7 Å². The van der Waals surface area contributed by atoms with Crippen molar-refractivity contribution in [3.05, 3.63) is 64.4 Å². The minimum absolute atomic E-state index is 0.0395. The molecule has 5 rings (SSSR count). The van der Waals surface area contributed by atoms with Gasteiger partial charge in [-0.15, -0.1) is 5.10 Å². The molecule has 36 heavy (non-hydrogen) atoms. The number of aromatic amines is 1. The molecule has 1 aromatic carbocycles. The molecule has 0 radical (unpaired) electrons. The number of halogens is 2. The van der Waals surface area contributed by atoms with Crippen LogP contribution in [0.5, 0.6) is 0 Å². The lowest BCUT2D eigenvalue weighted by Crippen LogP contribution is -2.41. The van der Waals surface area contributed by atoms with Crippen molar-refractivity contribution in [1.29, 1.82) is 0 Å². The molecule has 4 N–H and O–H groups in total. The number of H-pyrrole nitrogens is 1. The highest BCUT2D eigenvalue weighted by Gasteiger charge is 2.47. The molecule has 1 atom stereocenters. The fourth-order valence-corrected chi connectivity index (χ4v) is 7.30. The Morgan fingerprint density at radius 1 is 1.14 bits per heavy atom. The van der Waals surface area contributed by atoms with Crippen LogP contribution in [0.1, 0.15) is 31.4 Å². The second-order valence-corrected chi connectivity index (χ2v) is 11.9. The Morgan fingerprint density at radius 2 is 1.92 bits per heavy atom. The summed E-state index contributed by atoms with van der Waals surface area (Å²) in [6.45, 7) is 0. The first-order valence-electron chi connectivity index (χ1n) is 11.4. The summed E-state index contributed by atoms with van der Waals surface area (Å²) < 4.78 is 32.4. The lowest BCUT2D eigenvalue weighted by atomic mass is 9.70. The van der Waals surface area contributed by atoms with Gasteiger partial charge in [0, 0.05) is 18.2 Å². The van der Waals surface area contributed by atoms with E-state index in [1.807, 2.05) is 18.2 Å². The van der Waals surface area contributed by atoms with Crippen molar-refractivity contribution in [1.82, 2.24) is 20.6 Å². The van der Waals surface area contributed by atoms with Crippen molar-refractivity contribution >= 4 is 50.6 Å². The molecule has 1 fully saturated rings. The first kappa shape index (κ1) is 24.8. The highest BCUT2D eigenvalue weighted by molar-refractivity contribution is 7.92. The van der Waals surface area contributed by atoms with Gasteiger partial charge in [0.25, 0.3) is 6.41 Å². The van der Waals surface area contributed by atoms with Crippen molar-refractivity contribution in [3.8, 4) is 0 Å². The smallest absolute Gasteiger partial charge is 0.295 e. The number of aliphatic hydroxyl groups excluding tert-OH is 1. The van der Waals surface area contributed by atoms with Gasteiger partial charge in [-0.25, -0.2) is 18.8 Å². The second kappa shape index (κ2) is 9.89. The maximum absolute atomic E-state index is 13.4. The predicted octanol–water partition coefficient (Wildman–Crippen LogP) is 4.01. The van der Waals surface area contributed by atoms with Crippen molar-refractivity contribution < 1.29 is 18.3 Å². The number of benzene rings is 1. The standard InChI is InChI=1S/C23H24Cl2N6O4S/c24-16-4-2-5-17(20(16)25)36(33,34)15-7-10-23(11-8-15,21-30-31-22(32)35-21)13-14-3-1-6-18(27-14)28-19-9-12-26-29-19/h1-6,9,12,15,22,31-32H,7-8,10-11,13H2,(H2,26,27,28,29). The number of hydrazone groups is 1.